The van der Waals surface area contributed by atoms with Crippen molar-refractivity contribution in [1.82, 2.24) is 24.9 Å². The molecule has 0 bridgehead atoms. The summed E-state index contributed by atoms with van der Waals surface area (Å²) < 4.78 is 7.00. The lowest BCUT2D eigenvalue weighted by Gasteiger charge is -2.33. The second-order valence-electron chi connectivity index (χ2n) is 8.31. The van der Waals surface area contributed by atoms with E-state index in [1.807, 2.05) is 4.90 Å². The van der Waals surface area contributed by atoms with E-state index in [4.69, 9.17) is 4.74 Å². The molecule has 4 rings (SSSR count). The SMILES string of the molecule is Cn1ccc(C(=O)NC[C@@H]2CC[C@H](CC(=O)N3CCOCC3)N2CC2CC2)n1. The van der Waals surface area contributed by atoms with Crippen LogP contribution in [-0.2, 0) is 16.6 Å². The molecule has 3 fully saturated rings. The molecule has 2 aliphatic heterocycles. The molecule has 154 valence electrons. The van der Waals surface area contributed by atoms with Crippen LogP contribution in [0.4, 0.5) is 0 Å². The molecule has 1 N–H and O–H groups in total. The Balaban J connectivity index is 1.33. The van der Waals surface area contributed by atoms with Gasteiger partial charge in [-0.15, -0.1) is 0 Å². The van der Waals surface area contributed by atoms with E-state index in [0.717, 1.165) is 25.3 Å². The molecule has 0 aromatic carbocycles. The Labute approximate surface area is 166 Å². The number of aryl methyl sites for hydroxylation is 1. The van der Waals surface area contributed by atoms with Gasteiger partial charge < -0.3 is 15.0 Å². The van der Waals surface area contributed by atoms with Crippen molar-refractivity contribution >= 4 is 11.8 Å². The first kappa shape index (κ1) is 19.4. The van der Waals surface area contributed by atoms with Crippen molar-refractivity contribution in [3.8, 4) is 0 Å². The fraction of sp³-hybridized carbons (Fsp3) is 0.750. The van der Waals surface area contributed by atoms with Crippen LogP contribution in [0.1, 0.15) is 42.6 Å². The van der Waals surface area contributed by atoms with Crippen LogP contribution in [-0.4, -0.2) is 82.9 Å². The summed E-state index contributed by atoms with van der Waals surface area (Å²) in [6.07, 6.45) is 6.97. The van der Waals surface area contributed by atoms with Crippen LogP contribution >= 0.6 is 0 Å². The normalized spacial score (nSPS) is 25.8. The highest BCUT2D eigenvalue weighted by Gasteiger charge is 2.38. The predicted octanol–water partition coefficient (Wildman–Crippen LogP) is 0.642. The van der Waals surface area contributed by atoms with Crippen LogP contribution in [0, 0.1) is 5.92 Å². The van der Waals surface area contributed by atoms with Gasteiger partial charge in [0.1, 0.15) is 5.69 Å². The van der Waals surface area contributed by atoms with Crippen LogP contribution in [0.25, 0.3) is 0 Å². The van der Waals surface area contributed by atoms with Gasteiger partial charge in [-0.3, -0.25) is 19.2 Å². The Morgan fingerprint density at radius 2 is 1.93 bits per heavy atom. The Morgan fingerprint density at radius 1 is 1.18 bits per heavy atom. The minimum Gasteiger partial charge on any atom is -0.378 e. The lowest BCUT2D eigenvalue weighted by Crippen LogP contribution is -2.47. The molecule has 0 radical (unpaired) electrons. The highest BCUT2D eigenvalue weighted by Crippen LogP contribution is 2.35. The highest BCUT2D eigenvalue weighted by atomic mass is 16.5. The monoisotopic (exact) mass is 389 g/mol. The average Bonchev–Trinajstić information content (AvgIpc) is 3.30. The smallest absolute Gasteiger partial charge is 0.271 e. The molecule has 2 amide bonds. The number of aromatic nitrogens is 2. The second kappa shape index (κ2) is 8.61. The Bertz CT molecular complexity index is 696. The average molecular weight is 390 g/mol. The quantitative estimate of drug-likeness (QED) is 0.740. The molecule has 0 spiro atoms. The van der Waals surface area contributed by atoms with E-state index in [9.17, 15) is 9.59 Å². The van der Waals surface area contributed by atoms with Crippen molar-refractivity contribution in [2.45, 2.75) is 44.2 Å². The molecule has 2 saturated heterocycles. The van der Waals surface area contributed by atoms with Gasteiger partial charge in [-0.25, -0.2) is 0 Å². The summed E-state index contributed by atoms with van der Waals surface area (Å²) in [6.45, 7) is 4.36. The summed E-state index contributed by atoms with van der Waals surface area (Å²) in [4.78, 5) is 29.5. The minimum absolute atomic E-state index is 0.125. The van der Waals surface area contributed by atoms with Crippen molar-refractivity contribution in [3.05, 3.63) is 18.0 Å². The molecule has 2 atom stereocenters. The van der Waals surface area contributed by atoms with Crippen LogP contribution in [0.15, 0.2) is 12.3 Å². The first-order valence-electron chi connectivity index (χ1n) is 10.5. The van der Waals surface area contributed by atoms with Crippen molar-refractivity contribution in [1.29, 1.82) is 0 Å². The molecular weight excluding hydrogens is 358 g/mol. The second-order valence-corrected chi connectivity index (χ2v) is 8.31. The van der Waals surface area contributed by atoms with Gasteiger partial charge in [-0.1, -0.05) is 0 Å². The van der Waals surface area contributed by atoms with Gasteiger partial charge in [0, 0.05) is 57.9 Å². The number of nitrogens with zero attached hydrogens (tertiary/aromatic N) is 4. The lowest BCUT2D eigenvalue weighted by molar-refractivity contribution is -0.136. The van der Waals surface area contributed by atoms with Gasteiger partial charge in [0.25, 0.3) is 5.91 Å². The molecule has 8 nitrogen and oxygen atoms in total. The Kier molecular flexibility index (Phi) is 5.96. The third-order valence-electron chi connectivity index (χ3n) is 6.16. The molecule has 0 unspecified atom stereocenters. The van der Waals surface area contributed by atoms with E-state index >= 15 is 0 Å². The molecule has 1 aromatic heterocycles. The lowest BCUT2D eigenvalue weighted by atomic mass is 10.1. The van der Waals surface area contributed by atoms with E-state index in [2.05, 4.69) is 15.3 Å². The van der Waals surface area contributed by atoms with Gasteiger partial charge in [-0.05, 0) is 37.7 Å². The molecule has 8 heteroatoms. The number of ether oxygens (including phenoxy) is 1. The number of nitrogens with one attached hydrogen (secondary N) is 1. The summed E-state index contributed by atoms with van der Waals surface area (Å²) in [7, 11) is 1.81. The van der Waals surface area contributed by atoms with Crippen molar-refractivity contribution in [3.63, 3.8) is 0 Å². The standard InChI is InChI=1S/C20H31N5O3/c1-23-7-6-18(22-23)20(27)21-13-17-5-4-16(25(17)14-15-2-3-15)12-19(26)24-8-10-28-11-9-24/h6-7,15-17H,2-5,8-14H2,1H3,(H,21,27)/t16-,17+/m1/s1. The fourth-order valence-corrected chi connectivity index (χ4v) is 4.33. The van der Waals surface area contributed by atoms with Gasteiger partial charge in [0.15, 0.2) is 0 Å². The Hall–Kier alpha value is -1.93. The number of carbonyl (C=O) groups is 2. The largest absolute Gasteiger partial charge is 0.378 e. The number of hydrogen-bond acceptors (Lipinski definition) is 5. The number of rotatable bonds is 7. The topological polar surface area (TPSA) is 79.7 Å². The van der Waals surface area contributed by atoms with E-state index < -0.39 is 0 Å². The van der Waals surface area contributed by atoms with Crippen LogP contribution in [0.2, 0.25) is 0 Å². The summed E-state index contributed by atoms with van der Waals surface area (Å²) in [5.74, 6) is 0.875. The summed E-state index contributed by atoms with van der Waals surface area (Å²) >= 11 is 0. The number of hydrogen-bond donors (Lipinski definition) is 1. The van der Waals surface area contributed by atoms with Crippen molar-refractivity contribution < 1.29 is 14.3 Å². The van der Waals surface area contributed by atoms with Crippen molar-refractivity contribution in [2.75, 3.05) is 39.4 Å². The summed E-state index contributed by atoms with van der Waals surface area (Å²) in [6, 6.07) is 2.32. The summed E-state index contributed by atoms with van der Waals surface area (Å²) in [5, 5.41) is 7.22. The number of amides is 2. The molecule has 1 aromatic rings. The first-order chi connectivity index (χ1) is 13.6. The maximum absolute atomic E-state index is 12.7. The van der Waals surface area contributed by atoms with Crippen LogP contribution in [0.3, 0.4) is 0 Å². The van der Waals surface area contributed by atoms with Gasteiger partial charge in [-0.2, -0.15) is 5.10 Å². The van der Waals surface area contributed by atoms with E-state index in [1.165, 1.54) is 12.8 Å². The van der Waals surface area contributed by atoms with E-state index in [1.54, 1.807) is 24.0 Å². The van der Waals surface area contributed by atoms with Crippen LogP contribution in [0.5, 0.6) is 0 Å². The molecule has 28 heavy (non-hydrogen) atoms. The Morgan fingerprint density at radius 3 is 2.61 bits per heavy atom. The fourth-order valence-electron chi connectivity index (χ4n) is 4.33. The molecule has 1 saturated carbocycles. The van der Waals surface area contributed by atoms with Gasteiger partial charge >= 0.3 is 0 Å². The zero-order chi connectivity index (χ0) is 19.5. The molecule has 1 aliphatic carbocycles. The zero-order valence-corrected chi connectivity index (χ0v) is 16.7. The third kappa shape index (κ3) is 4.72. The molecule has 3 aliphatic rings. The van der Waals surface area contributed by atoms with Gasteiger partial charge in [0.2, 0.25) is 5.91 Å². The predicted molar refractivity (Wildman–Crippen MR) is 104 cm³/mol. The molecular formula is C20H31N5O3. The van der Waals surface area contributed by atoms with Gasteiger partial charge in [0.05, 0.1) is 13.2 Å². The van der Waals surface area contributed by atoms with E-state index in [-0.39, 0.29) is 17.9 Å². The number of morpholine rings is 1. The maximum Gasteiger partial charge on any atom is 0.271 e. The highest BCUT2D eigenvalue weighted by molar-refractivity contribution is 5.92. The summed E-state index contributed by atoms with van der Waals surface area (Å²) in [5.41, 5.74) is 0.452. The number of likely N-dealkylation sites (tertiary alicyclic amines) is 1. The van der Waals surface area contributed by atoms with Crippen molar-refractivity contribution in [2.24, 2.45) is 13.0 Å². The minimum atomic E-state index is -0.125. The first-order valence-corrected chi connectivity index (χ1v) is 10.5. The van der Waals surface area contributed by atoms with E-state index in [0.29, 0.717) is 51.0 Å². The zero-order valence-electron chi connectivity index (χ0n) is 16.7. The van der Waals surface area contributed by atoms with Crippen LogP contribution < -0.4 is 5.32 Å². The molecule has 3 heterocycles. The third-order valence-corrected chi connectivity index (χ3v) is 6.16. The maximum atomic E-state index is 12.7. The number of carbonyl (C=O) groups excluding carboxylic acids is 2.